The Morgan fingerprint density at radius 3 is 2.65 bits per heavy atom. The summed E-state index contributed by atoms with van der Waals surface area (Å²) in [7, 11) is 3.88. The first-order valence-corrected chi connectivity index (χ1v) is 8.58. The quantitative estimate of drug-likeness (QED) is 0.868. The highest BCUT2D eigenvalue weighted by Crippen LogP contribution is 2.19. The average molecular weight is 313 g/mol. The van der Waals surface area contributed by atoms with Crippen molar-refractivity contribution in [1.29, 1.82) is 0 Å². The predicted octanol–water partition coefficient (Wildman–Crippen LogP) is 2.98. The number of amides is 1. The van der Waals surface area contributed by atoms with Crippen molar-refractivity contribution in [1.82, 2.24) is 14.4 Å². The molecule has 3 rings (SSSR count). The monoisotopic (exact) mass is 313 g/mol. The summed E-state index contributed by atoms with van der Waals surface area (Å²) >= 11 is 0. The molecule has 1 amide bonds. The van der Waals surface area contributed by atoms with Crippen LogP contribution in [-0.4, -0.2) is 53.5 Å². The van der Waals surface area contributed by atoms with Crippen LogP contribution in [0.3, 0.4) is 0 Å². The molecule has 124 valence electrons. The minimum Gasteiger partial charge on any atom is -0.340 e. The van der Waals surface area contributed by atoms with Gasteiger partial charge in [-0.25, -0.2) is 0 Å². The summed E-state index contributed by atoms with van der Waals surface area (Å²) in [6.45, 7) is 6.41. The lowest BCUT2D eigenvalue weighted by atomic mass is 9.99. The van der Waals surface area contributed by atoms with Crippen molar-refractivity contribution in [3.63, 3.8) is 0 Å². The number of fused-ring (bicyclic) bond motifs is 1. The van der Waals surface area contributed by atoms with Gasteiger partial charge < -0.3 is 14.4 Å². The van der Waals surface area contributed by atoms with Crippen molar-refractivity contribution in [3.8, 4) is 0 Å². The number of aromatic nitrogens is 1. The van der Waals surface area contributed by atoms with Crippen molar-refractivity contribution in [2.75, 3.05) is 33.2 Å². The molecule has 0 saturated carbocycles. The number of para-hydroxylation sites is 1. The normalized spacial score (nSPS) is 16.8. The minimum atomic E-state index is 0.106. The summed E-state index contributed by atoms with van der Waals surface area (Å²) < 4.78 is 2.00. The van der Waals surface area contributed by atoms with Crippen molar-refractivity contribution < 1.29 is 4.79 Å². The van der Waals surface area contributed by atoms with E-state index in [-0.39, 0.29) is 5.91 Å². The van der Waals surface area contributed by atoms with Crippen LogP contribution in [0.4, 0.5) is 0 Å². The topological polar surface area (TPSA) is 28.5 Å². The van der Waals surface area contributed by atoms with E-state index in [1.165, 1.54) is 12.8 Å². The van der Waals surface area contributed by atoms with Gasteiger partial charge >= 0.3 is 0 Å². The van der Waals surface area contributed by atoms with Crippen molar-refractivity contribution in [2.45, 2.75) is 19.8 Å². The first-order chi connectivity index (χ1) is 11.1. The predicted molar refractivity (Wildman–Crippen MR) is 94.7 cm³/mol. The third-order valence-corrected chi connectivity index (χ3v) is 5.15. The number of rotatable bonds is 4. The second kappa shape index (κ2) is 6.75. The summed E-state index contributed by atoms with van der Waals surface area (Å²) in [5.41, 5.74) is 1.87. The van der Waals surface area contributed by atoms with E-state index in [1.807, 2.05) is 41.8 Å². The van der Waals surface area contributed by atoms with Crippen LogP contribution >= 0.6 is 0 Å². The Kier molecular flexibility index (Phi) is 4.71. The van der Waals surface area contributed by atoms with E-state index in [0.717, 1.165) is 48.7 Å². The van der Waals surface area contributed by atoms with Crippen LogP contribution in [0.1, 0.15) is 30.3 Å². The van der Waals surface area contributed by atoms with E-state index < -0.39 is 0 Å². The molecule has 0 radical (unpaired) electrons. The fraction of sp³-hybridized carbons (Fsp3) is 0.526. The zero-order valence-electron chi connectivity index (χ0n) is 14.5. The maximum Gasteiger partial charge on any atom is 0.270 e. The van der Waals surface area contributed by atoms with Crippen LogP contribution in [0.2, 0.25) is 0 Å². The van der Waals surface area contributed by atoms with E-state index in [2.05, 4.69) is 24.0 Å². The van der Waals surface area contributed by atoms with E-state index in [1.54, 1.807) is 0 Å². The Hall–Kier alpha value is -1.81. The van der Waals surface area contributed by atoms with Gasteiger partial charge in [-0.3, -0.25) is 4.79 Å². The number of hydrogen-bond acceptors (Lipinski definition) is 2. The van der Waals surface area contributed by atoms with Crippen LogP contribution < -0.4 is 0 Å². The molecule has 4 heteroatoms. The van der Waals surface area contributed by atoms with Gasteiger partial charge in [-0.1, -0.05) is 25.1 Å². The molecule has 1 aromatic carbocycles. The summed E-state index contributed by atoms with van der Waals surface area (Å²) in [5.74, 6) is 0.954. The molecule has 0 unspecified atom stereocenters. The number of hydrogen-bond donors (Lipinski definition) is 0. The molecule has 2 aromatic rings. The Morgan fingerprint density at radius 2 is 1.96 bits per heavy atom. The lowest BCUT2D eigenvalue weighted by molar-refractivity contribution is 0.0759. The highest BCUT2D eigenvalue weighted by molar-refractivity contribution is 5.98. The average Bonchev–Trinajstić information content (AvgIpc) is 2.90. The van der Waals surface area contributed by atoms with E-state index in [0.29, 0.717) is 0 Å². The molecule has 1 saturated heterocycles. The number of piperidine rings is 1. The third-order valence-electron chi connectivity index (χ3n) is 5.15. The molecule has 23 heavy (non-hydrogen) atoms. The Labute approximate surface area is 138 Å². The van der Waals surface area contributed by atoms with Gasteiger partial charge in [-0.2, -0.15) is 0 Å². The zero-order valence-corrected chi connectivity index (χ0v) is 14.5. The van der Waals surface area contributed by atoms with Crippen LogP contribution in [0.5, 0.6) is 0 Å². The number of carbonyl (C=O) groups excluding carboxylic acids is 1. The third kappa shape index (κ3) is 3.42. The Morgan fingerprint density at radius 1 is 1.26 bits per heavy atom. The SMILES string of the molecule is CC1CCN(CCN(C)C(=O)c2cc3ccccc3n2C)CC1. The first-order valence-electron chi connectivity index (χ1n) is 8.58. The van der Waals surface area contributed by atoms with Crippen molar-refractivity contribution >= 4 is 16.8 Å². The second-order valence-electron chi connectivity index (χ2n) is 6.90. The maximum absolute atomic E-state index is 12.7. The number of likely N-dealkylation sites (tertiary alicyclic amines) is 1. The van der Waals surface area contributed by atoms with Crippen LogP contribution in [0, 0.1) is 5.92 Å². The second-order valence-corrected chi connectivity index (χ2v) is 6.90. The molecule has 1 fully saturated rings. The van der Waals surface area contributed by atoms with E-state index in [9.17, 15) is 4.79 Å². The van der Waals surface area contributed by atoms with Crippen LogP contribution in [-0.2, 0) is 7.05 Å². The molecular weight excluding hydrogens is 286 g/mol. The van der Waals surface area contributed by atoms with Gasteiger partial charge in [0, 0.05) is 38.1 Å². The first kappa shape index (κ1) is 16.1. The minimum absolute atomic E-state index is 0.106. The van der Waals surface area contributed by atoms with Gasteiger partial charge in [0.2, 0.25) is 0 Å². The van der Waals surface area contributed by atoms with Gasteiger partial charge in [-0.15, -0.1) is 0 Å². The Balaban J connectivity index is 1.63. The number of benzene rings is 1. The molecule has 0 aliphatic carbocycles. The lowest BCUT2D eigenvalue weighted by Crippen LogP contribution is -2.40. The summed E-state index contributed by atoms with van der Waals surface area (Å²) in [5, 5.41) is 1.12. The van der Waals surface area contributed by atoms with Gasteiger partial charge in [0.25, 0.3) is 5.91 Å². The maximum atomic E-state index is 12.7. The molecule has 2 heterocycles. The molecule has 1 aliphatic rings. The van der Waals surface area contributed by atoms with Crippen molar-refractivity contribution in [3.05, 3.63) is 36.0 Å². The molecule has 1 aliphatic heterocycles. The molecule has 1 aromatic heterocycles. The number of carbonyl (C=O) groups is 1. The largest absolute Gasteiger partial charge is 0.340 e. The fourth-order valence-electron chi connectivity index (χ4n) is 3.37. The van der Waals surface area contributed by atoms with E-state index >= 15 is 0 Å². The molecular formula is C19H27N3O. The number of aryl methyl sites for hydroxylation is 1. The molecule has 0 N–H and O–H groups in total. The fourth-order valence-corrected chi connectivity index (χ4v) is 3.37. The smallest absolute Gasteiger partial charge is 0.270 e. The molecule has 0 atom stereocenters. The molecule has 0 bridgehead atoms. The Bertz CT molecular complexity index is 683. The van der Waals surface area contributed by atoms with Crippen LogP contribution in [0.15, 0.2) is 30.3 Å². The van der Waals surface area contributed by atoms with Crippen LogP contribution in [0.25, 0.3) is 10.9 Å². The van der Waals surface area contributed by atoms with Gasteiger partial charge in [0.1, 0.15) is 5.69 Å². The zero-order chi connectivity index (χ0) is 16.4. The summed E-state index contributed by atoms with van der Waals surface area (Å²) in [6.07, 6.45) is 2.56. The van der Waals surface area contributed by atoms with Gasteiger partial charge in [0.15, 0.2) is 0 Å². The lowest BCUT2D eigenvalue weighted by Gasteiger charge is -2.31. The summed E-state index contributed by atoms with van der Waals surface area (Å²) in [6, 6.07) is 10.1. The van der Waals surface area contributed by atoms with Crippen molar-refractivity contribution in [2.24, 2.45) is 13.0 Å². The molecule has 4 nitrogen and oxygen atoms in total. The van der Waals surface area contributed by atoms with Gasteiger partial charge in [0.05, 0.1) is 0 Å². The molecule has 0 spiro atoms. The van der Waals surface area contributed by atoms with Gasteiger partial charge in [-0.05, 0) is 44.0 Å². The standard InChI is InChI=1S/C19H27N3O/c1-15-8-10-22(11-9-15)13-12-20(2)19(23)18-14-16-6-4-5-7-17(16)21(18)3/h4-7,14-15H,8-13H2,1-3H3. The van der Waals surface area contributed by atoms with E-state index in [4.69, 9.17) is 0 Å². The highest BCUT2D eigenvalue weighted by atomic mass is 16.2. The summed E-state index contributed by atoms with van der Waals surface area (Å²) in [4.78, 5) is 17.1. The highest BCUT2D eigenvalue weighted by Gasteiger charge is 2.19. The number of likely N-dealkylation sites (N-methyl/N-ethyl adjacent to an activating group) is 1. The number of nitrogens with zero attached hydrogens (tertiary/aromatic N) is 3.